The number of halogens is 2. The third kappa shape index (κ3) is 7.76. The number of thiophene rings is 1. The van der Waals surface area contributed by atoms with E-state index in [1.165, 1.54) is 50.6 Å². The molecule has 0 spiro atoms. The first kappa shape index (κ1) is 32.6. The van der Waals surface area contributed by atoms with Crippen molar-refractivity contribution < 1.29 is 32.0 Å². The van der Waals surface area contributed by atoms with Crippen molar-refractivity contribution in [1.29, 1.82) is 0 Å². The second-order valence-electron chi connectivity index (χ2n) is 7.88. The summed E-state index contributed by atoms with van der Waals surface area (Å²) in [6.45, 7) is 7.85. The molecule has 13 heteroatoms. The molecule has 1 aromatic carbocycles. The molecule has 9 nitrogen and oxygen atoms in total. The first-order valence-electron chi connectivity index (χ1n) is 12.1. The Morgan fingerprint density at radius 2 is 1.80 bits per heavy atom. The van der Waals surface area contributed by atoms with E-state index < -0.39 is 21.8 Å². The summed E-state index contributed by atoms with van der Waals surface area (Å²) in [7, 11) is -0.522. The van der Waals surface area contributed by atoms with E-state index in [1.54, 1.807) is 19.9 Å². The summed E-state index contributed by atoms with van der Waals surface area (Å²) in [5, 5.41) is 2.52. The highest BCUT2D eigenvalue weighted by Crippen LogP contribution is 2.32. The Morgan fingerprint density at radius 3 is 2.40 bits per heavy atom. The maximum atomic E-state index is 13.7. The number of rotatable bonds is 9. The number of benzene rings is 1. The number of anilines is 1. The van der Waals surface area contributed by atoms with Crippen LogP contribution in [0.4, 0.5) is 10.2 Å². The Hall–Kier alpha value is -3.57. The van der Waals surface area contributed by atoms with Crippen molar-refractivity contribution in [2.45, 2.75) is 32.6 Å². The molecule has 1 aliphatic rings. The van der Waals surface area contributed by atoms with Gasteiger partial charge < -0.3 is 14.8 Å². The fourth-order valence-corrected chi connectivity index (χ4v) is 6.26. The van der Waals surface area contributed by atoms with Crippen LogP contribution in [0.2, 0.25) is 5.02 Å². The smallest absolute Gasteiger partial charge is 0.281 e. The number of likely N-dealkylation sites (N-methyl/N-ethyl adjacent to an activating group) is 1. The van der Waals surface area contributed by atoms with Crippen LogP contribution in [-0.2, 0) is 19.5 Å². The molecule has 0 unspecified atom stereocenters. The number of hydrogen-bond donors (Lipinski definition) is 1. The monoisotopic (exact) mass is 611 g/mol. The molecule has 0 radical (unpaired) electrons. The molecule has 216 valence electrons. The van der Waals surface area contributed by atoms with Crippen LogP contribution in [0, 0.1) is 6.92 Å². The molecule has 1 N–H and O–H groups in total. The summed E-state index contributed by atoms with van der Waals surface area (Å²) < 4.78 is 52.5. The van der Waals surface area contributed by atoms with E-state index in [4.69, 9.17) is 21.1 Å². The first-order valence-corrected chi connectivity index (χ1v) is 14.7. The Balaban J connectivity index is 0.00000274. The minimum atomic E-state index is -4.22. The fraction of sp³-hybridized carbons (Fsp3) is 0.296. The van der Waals surface area contributed by atoms with Crippen molar-refractivity contribution in [3.8, 4) is 0 Å². The molecular weight excluding hydrogens is 581 g/mol. The molecule has 0 fully saturated rings. The first-order chi connectivity index (χ1) is 18.9. The van der Waals surface area contributed by atoms with Gasteiger partial charge in [-0.2, -0.15) is 5.12 Å². The van der Waals surface area contributed by atoms with Gasteiger partial charge in [-0.25, -0.2) is 8.42 Å². The van der Waals surface area contributed by atoms with Gasteiger partial charge >= 0.3 is 0 Å². The zero-order chi connectivity index (χ0) is 30.2. The lowest BCUT2D eigenvalue weighted by atomic mass is 10.2. The molecule has 0 saturated carbocycles. The number of nitrogens with one attached hydrogen (secondary N) is 1. The minimum Gasteiger partial charge on any atom is -0.489 e. The lowest BCUT2D eigenvalue weighted by molar-refractivity contribution is 0.0343. The van der Waals surface area contributed by atoms with Gasteiger partial charge in [-0.05, 0) is 56.0 Å². The molecular formula is C27H31ClFN3O6S2. The Labute approximate surface area is 242 Å². The highest BCUT2D eigenvalue weighted by molar-refractivity contribution is 7.89. The highest BCUT2D eigenvalue weighted by Gasteiger charge is 2.30. The lowest BCUT2D eigenvalue weighted by Crippen LogP contribution is -2.27. The normalized spacial score (nSPS) is 12.6. The average Bonchev–Trinajstić information content (AvgIpc) is 3.20. The third-order valence-electron chi connectivity index (χ3n) is 5.16. The summed E-state index contributed by atoms with van der Waals surface area (Å²) in [6, 6.07) is 5.25. The Morgan fingerprint density at radius 1 is 1.12 bits per heavy atom. The second kappa shape index (κ2) is 14.2. The molecule has 0 aliphatic heterocycles. The van der Waals surface area contributed by atoms with Gasteiger partial charge in [0.2, 0.25) is 0 Å². The van der Waals surface area contributed by atoms with Gasteiger partial charge in [-0.15, -0.1) is 11.3 Å². The van der Waals surface area contributed by atoms with Crippen molar-refractivity contribution >= 4 is 50.5 Å². The van der Waals surface area contributed by atoms with Crippen LogP contribution in [0.5, 0.6) is 0 Å². The quantitative estimate of drug-likeness (QED) is 0.273. The van der Waals surface area contributed by atoms with Crippen molar-refractivity contribution in [3.05, 3.63) is 85.8 Å². The number of aryl methyl sites for hydroxylation is 1. The van der Waals surface area contributed by atoms with E-state index in [0.717, 1.165) is 22.7 Å². The number of allylic oxidation sites excluding steroid dienone is 2. The number of amides is 2. The van der Waals surface area contributed by atoms with E-state index in [1.807, 2.05) is 13.8 Å². The molecule has 1 aliphatic carbocycles. The van der Waals surface area contributed by atoms with E-state index in [2.05, 4.69) is 11.0 Å². The molecule has 1 aromatic heterocycles. The maximum Gasteiger partial charge on any atom is 0.281 e. The van der Waals surface area contributed by atoms with E-state index in [0.29, 0.717) is 17.2 Å². The van der Waals surface area contributed by atoms with Crippen LogP contribution in [0.1, 0.15) is 45.7 Å². The number of methoxy groups -OCH3 is 1. The van der Waals surface area contributed by atoms with Crippen LogP contribution in [0.15, 0.2) is 70.3 Å². The zero-order valence-electron chi connectivity index (χ0n) is 23.2. The summed E-state index contributed by atoms with van der Waals surface area (Å²) in [6.07, 6.45) is 4.57. The SMILES string of the molecule is CC.CCOC1=C=C(OC)C=C(N(C)S(=O)(=O)c2cc(C)sc2C(=O)Nc2cc(Cl)cc(C(=O)N(C)F)c2)C=C1. The van der Waals surface area contributed by atoms with Crippen molar-refractivity contribution in [2.75, 3.05) is 33.1 Å². The molecule has 3 rings (SSSR count). The molecule has 40 heavy (non-hydrogen) atoms. The Bertz CT molecular complexity index is 1510. The van der Waals surface area contributed by atoms with Gasteiger partial charge in [-0.1, -0.05) is 29.9 Å². The lowest BCUT2D eigenvalue weighted by Gasteiger charge is -2.20. The molecule has 2 amide bonds. The van der Waals surface area contributed by atoms with Crippen molar-refractivity contribution in [2.24, 2.45) is 0 Å². The van der Waals surface area contributed by atoms with Crippen LogP contribution >= 0.6 is 22.9 Å². The average molecular weight is 612 g/mol. The molecule has 0 atom stereocenters. The van der Waals surface area contributed by atoms with E-state index in [-0.39, 0.29) is 42.6 Å². The zero-order valence-corrected chi connectivity index (χ0v) is 25.6. The summed E-state index contributed by atoms with van der Waals surface area (Å²) in [4.78, 5) is 25.5. The van der Waals surface area contributed by atoms with Crippen LogP contribution < -0.4 is 5.32 Å². The van der Waals surface area contributed by atoms with E-state index in [9.17, 15) is 22.5 Å². The van der Waals surface area contributed by atoms with Crippen LogP contribution in [-0.4, -0.2) is 57.5 Å². The predicted molar refractivity (Wildman–Crippen MR) is 154 cm³/mol. The predicted octanol–water partition coefficient (Wildman–Crippen LogP) is 6.07. The summed E-state index contributed by atoms with van der Waals surface area (Å²) in [5.41, 5.74) is 3.15. The highest BCUT2D eigenvalue weighted by atomic mass is 35.5. The second-order valence-corrected chi connectivity index (χ2v) is 11.5. The number of carbonyl (C=O) groups excluding carboxylic acids is 2. The minimum absolute atomic E-state index is 0.0806. The van der Waals surface area contributed by atoms with Gasteiger partial charge in [0, 0.05) is 41.3 Å². The number of sulfonamides is 1. The number of ether oxygens (including phenoxy) is 2. The number of carbonyl (C=O) groups is 2. The molecule has 0 bridgehead atoms. The molecule has 1 heterocycles. The van der Waals surface area contributed by atoms with Crippen LogP contribution in [0.25, 0.3) is 0 Å². The van der Waals surface area contributed by atoms with Gasteiger partial charge in [0.1, 0.15) is 9.77 Å². The summed E-state index contributed by atoms with van der Waals surface area (Å²) >= 11 is 7.02. The van der Waals surface area contributed by atoms with Gasteiger partial charge in [0.25, 0.3) is 21.8 Å². The largest absolute Gasteiger partial charge is 0.489 e. The van der Waals surface area contributed by atoms with Crippen LogP contribution in [0.3, 0.4) is 0 Å². The summed E-state index contributed by atoms with van der Waals surface area (Å²) in [5.74, 6) is -1.09. The van der Waals surface area contributed by atoms with Crippen molar-refractivity contribution in [3.63, 3.8) is 0 Å². The van der Waals surface area contributed by atoms with Gasteiger partial charge in [0.05, 0.1) is 19.4 Å². The topological polar surface area (TPSA) is 105 Å². The van der Waals surface area contributed by atoms with E-state index >= 15 is 0 Å². The number of nitrogens with zero attached hydrogens (tertiary/aromatic N) is 2. The third-order valence-corrected chi connectivity index (χ3v) is 8.37. The maximum absolute atomic E-state index is 13.7. The van der Waals surface area contributed by atoms with Crippen molar-refractivity contribution in [1.82, 2.24) is 9.43 Å². The van der Waals surface area contributed by atoms with Gasteiger partial charge in [-0.3, -0.25) is 13.9 Å². The molecule has 2 aromatic rings. The number of hydrogen-bond acceptors (Lipinski definition) is 7. The standard InChI is InChI=1S/C25H25ClFN3O6S2.C2H6/c1-6-36-20-8-7-19(13-21(14-20)35-5)30(4)38(33,34)22-9-15(2)37-23(22)24(31)28-18-11-16(10-17(26)12-18)25(32)29(3)27;1-2/h7-13H,6H2,1-5H3,(H,28,31);1-2H3. The Kier molecular flexibility index (Phi) is 11.6. The van der Waals surface area contributed by atoms with Gasteiger partial charge in [0.15, 0.2) is 11.5 Å². The molecule has 0 saturated heterocycles. The fourth-order valence-electron chi connectivity index (χ4n) is 3.37.